The van der Waals surface area contributed by atoms with Gasteiger partial charge in [-0.3, -0.25) is 0 Å². The maximum Gasteiger partial charge on any atom is 0.328 e. The number of rotatable bonds is 9. The Bertz CT molecular complexity index is 939. The minimum absolute atomic E-state index is 0.394. The van der Waals surface area contributed by atoms with Crippen LogP contribution in [-0.4, -0.2) is 54.3 Å². The van der Waals surface area contributed by atoms with Crippen LogP contribution < -0.4 is 0 Å². The second-order valence-electron chi connectivity index (χ2n) is 8.96. The smallest absolute Gasteiger partial charge is 0.328 e. The highest BCUT2D eigenvalue weighted by Crippen LogP contribution is 2.35. The number of ether oxygens (including phenoxy) is 1. The van der Waals surface area contributed by atoms with E-state index in [4.69, 9.17) is 14.9 Å². The molecule has 1 aliphatic rings. The van der Waals surface area contributed by atoms with E-state index in [-0.39, 0.29) is 0 Å². The van der Waals surface area contributed by atoms with Gasteiger partial charge in [0.1, 0.15) is 5.60 Å². The summed E-state index contributed by atoms with van der Waals surface area (Å²) in [5.74, 6) is -2.51. The van der Waals surface area contributed by atoms with E-state index in [1.165, 1.54) is 54.4 Å². The third-order valence-corrected chi connectivity index (χ3v) is 5.98. The Morgan fingerprint density at radius 3 is 2.12 bits per heavy atom. The molecule has 0 saturated heterocycles. The number of aryl methyl sites for hydroxylation is 2. The average molecular weight is 468 g/mol. The van der Waals surface area contributed by atoms with Crippen molar-refractivity contribution in [2.24, 2.45) is 0 Å². The summed E-state index contributed by atoms with van der Waals surface area (Å²) in [7, 11) is 4.23. The molecule has 0 bridgehead atoms. The van der Waals surface area contributed by atoms with E-state index in [9.17, 15) is 9.59 Å². The fourth-order valence-corrected chi connectivity index (χ4v) is 4.10. The minimum Gasteiger partial charge on any atom is -0.478 e. The van der Waals surface area contributed by atoms with Gasteiger partial charge in [-0.25, -0.2) is 9.59 Å². The molecular formula is C28H37NO5. The Balaban J connectivity index is 0.000000440. The largest absolute Gasteiger partial charge is 0.478 e. The van der Waals surface area contributed by atoms with Gasteiger partial charge in [0.15, 0.2) is 0 Å². The highest BCUT2D eigenvalue weighted by molar-refractivity contribution is 5.89. The van der Waals surface area contributed by atoms with Crippen LogP contribution in [0.1, 0.15) is 54.9 Å². The first-order valence-corrected chi connectivity index (χ1v) is 11.8. The topological polar surface area (TPSA) is 87.1 Å². The number of benzene rings is 2. The zero-order chi connectivity index (χ0) is 25.0. The SMILES string of the molecule is CN(C)CCCOC(C)(c1ccccc1)c1ccc2c(c1)CCCCC2.O=C(O)/C=C/C(=O)O. The summed E-state index contributed by atoms with van der Waals surface area (Å²) < 4.78 is 6.55. The normalized spacial score (nSPS) is 15.1. The molecule has 6 heteroatoms. The van der Waals surface area contributed by atoms with Gasteiger partial charge < -0.3 is 19.8 Å². The van der Waals surface area contributed by atoms with Gasteiger partial charge >= 0.3 is 11.9 Å². The van der Waals surface area contributed by atoms with Crippen LogP contribution >= 0.6 is 0 Å². The third-order valence-electron chi connectivity index (χ3n) is 5.98. The lowest BCUT2D eigenvalue weighted by Gasteiger charge is -2.32. The lowest BCUT2D eigenvalue weighted by Crippen LogP contribution is -2.29. The molecule has 2 N–H and O–H groups in total. The van der Waals surface area contributed by atoms with Crippen molar-refractivity contribution in [1.29, 1.82) is 0 Å². The lowest BCUT2D eigenvalue weighted by atomic mass is 9.85. The Labute approximate surface area is 202 Å². The number of fused-ring (bicyclic) bond motifs is 1. The van der Waals surface area contributed by atoms with Crippen molar-refractivity contribution in [2.75, 3.05) is 27.2 Å². The minimum atomic E-state index is -1.26. The molecule has 0 heterocycles. The highest BCUT2D eigenvalue weighted by Gasteiger charge is 2.30. The van der Waals surface area contributed by atoms with Crippen molar-refractivity contribution in [3.05, 3.63) is 82.9 Å². The van der Waals surface area contributed by atoms with Crippen molar-refractivity contribution < 1.29 is 24.5 Å². The van der Waals surface area contributed by atoms with Gasteiger partial charge in [-0.1, -0.05) is 55.0 Å². The van der Waals surface area contributed by atoms with Gasteiger partial charge in [0.2, 0.25) is 0 Å². The molecule has 0 aliphatic heterocycles. The number of nitrogens with zero attached hydrogens (tertiary/aromatic N) is 1. The molecule has 0 saturated carbocycles. The molecule has 2 aromatic carbocycles. The van der Waals surface area contributed by atoms with Gasteiger partial charge in [-0.05, 0) is 81.9 Å². The highest BCUT2D eigenvalue weighted by atomic mass is 16.5. The maximum atomic E-state index is 9.55. The van der Waals surface area contributed by atoms with E-state index >= 15 is 0 Å². The van der Waals surface area contributed by atoms with Gasteiger partial charge in [0.05, 0.1) is 0 Å². The second kappa shape index (κ2) is 13.7. The van der Waals surface area contributed by atoms with Gasteiger partial charge in [-0.15, -0.1) is 0 Å². The van der Waals surface area contributed by atoms with Gasteiger partial charge in [-0.2, -0.15) is 0 Å². The molecule has 0 spiro atoms. The average Bonchev–Trinajstić information content (AvgIpc) is 3.06. The van der Waals surface area contributed by atoms with E-state index in [1.807, 2.05) is 0 Å². The van der Waals surface area contributed by atoms with Crippen LogP contribution in [0, 0.1) is 0 Å². The summed E-state index contributed by atoms with van der Waals surface area (Å²) in [6.45, 7) is 4.05. The number of carboxylic acids is 2. The zero-order valence-electron chi connectivity index (χ0n) is 20.5. The Hall–Kier alpha value is -2.96. The summed E-state index contributed by atoms with van der Waals surface area (Å²) in [5.41, 5.74) is 5.19. The third kappa shape index (κ3) is 8.76. The summed E-state index contributed by atoms with van der Waals surface area (Å²) in [6.07, 6.45) is 8.56. The van der Waals surface area contributed by atoms with Crippen LogP contribution in [0.4, 0.5) is 0 Å². The Kier molecular flexibility index (Phi) is 11.0. The molecule has 184 valence electrons. The summed E-state index contributed by atoms with van der Waals surface area (Å²) >= 11 is 0. The molecule has 2 aromatic rings. The van der Waals surface area contributed by atoms with E-state index in [0.717, 1.165) is 19.6 Å². The Morgan fingerprint density at radius 1 is 0.912 bits per heavy atom. The van der Waals surface area contributed by atoms with Crippen molar-refractivity contribution >= 4 is 11.9 Å². The number of carbonyl (C=O) groups is 2. The van der Waals surface area contributed by atoms with Crippen LogP contribution in [0.15, 0.2) is 60.7 Å². The first-order valence-electron chi connectivity index (χ1n) is 11.8. The van der Waals surface area contributed by atoms with Gasteiger partial charge in [0.25, 0.3) is 0 Å². The van der Waals surface area contributed by atoms with Crippen molar-refractivity contribution in [3.8, 4) is 0 Å². The fourth-order valence-electron chi connectivity index (χ4n) is 4.10. The first kappa shape index (κ1) is 27.3. The van der Waals surface area contributed by atoms with Gasteiger partial charge in [0, 0.05) is 18.8 Å². The van der Waals surface area contributed by atoms with Crippen molar-refractivity contribution in [2.45, 2.75) is 51.0 Å². The summed E-state index contributed by atoms with van der Waals surface area (Å²) in [5, 5.41) is 15.6. The zero-order valence-corrected chi connectivity index (χ0v) is 20.5. The number of hydrogen-bond acceptors (Lipinski definition) is 4. The van der Waals surface area contributed by atoms with Crippen LogP contribution in [0.25, 0.3) is 0 Å². The monoisotopic (exact) mass is 467 g/mol. The van der Waals surface area contributed by atoms with E-state index < -0.39 is 17.5 Å². The molecule has 0 fully saturated rings. The maximum absolute atomic E-state index is 9.55. The summed E-state index contributed by atoms with van der Waals surface area (Å²) in [6, 6.07) is 17.7. The van der Waals surface area contributed by atoms with Crippen LogP contribution in [0.5, 0.6) is 0 Å². The number of aliphatic carboxylic acids is 2. The molecule has 1 unspecified atom stereocenters. The predicted molar refractivity (Wildman–Crippen MR) is 134 cm³/mol. The predicted octanol–water partition coefficient (Wildman–Crippen LogP) is 4.90. The quantitative estimate of drug-likeness (QED) is 0.310. The van der Waals surface area contributed by atoms with Crippen LogP contribution in [0.3, 0.4) is 0 Å². The molecule has 3 rings (SSSR count). The molecule has 1 aliphatic carbocycles. The molecule has 0 amide bonds. The van der Waals surface area contributed by atoms with E-state index in [1.54, 1.807) is 0 Å². The summed E-state index contributed by atoms with van der Waals surface area (Å²) in [4.78, 5) is 21.3. The van der Waals surface area contributed by atoms with Crippen molar-refractivity contribution in [3.63, 3.8) is 0 Å². The Morgan fingerprint density at radius 2 is 1.53 bits per heavy atom. The molecule has 0 aromatic heterocycles. The second-order valence-corrected chi connectivity index (χ2v) is 8.96. The molecular weight excluding hydrogens is 430 g/mol. The van der Waals surface area contributed by atoms with E-state index in [2.05, 4.69) is 74.4 Å². The van der Waals surface area contributed by atoms with Crippen LogP contribution in [-0.2, 0) is 32.8 Å². The number of hydrogen-bond donors (Lipinski definition) is 2. The lowest BCUT2D eigenvalue weighted by molar-refractivity contribution is -0.134. The molecule has 1 atom stereocenters. The standard InChI is InChI=1S/C24H33NO.C4H4O4/c1-24(22-13-8-5-9-14-22,26-18-10-17-25(2)3)23-16-15-20-11-6-4-7-12-21(20)19-23;5-3(6)1-2-4(7)8/h5,8-9,13-16,19H,4,6-7,10-12,17-18H2,1-3H3;1-2H,(H,5,6)(H,7,8)/b;2-1+. The van der Waals surface area contributed by atoms with Crippen LogP contribution in [0.2, 0.25) is 0 Å². The molecule has 34 heavy (non-hydrogen) atoms. The van der Waals surface area contributed by atoms with E-state index in [0.29, 0.717) is 12.2 Å². The fraction of sp³-hybridized carbons (Fsp3) is 0.429. The number of carboxylic acid groups (broad SMARTS) is 2. The molecule has 0 radical (unpaired) electrons. The first-order chi connectivity index (χ1) is 16.2. The molecule has 6 nitrogen and oxygen atoms in total. The van der Waals surface area contributed by atoms with Crippen molar-refractivity contribution in [1.82, 2.24) is 4.90 Å².